The Labute approximate surface area is 151 Å². The van der Waals surface area contributed by atoms with Gasteiger partial charge in [-0.2, -0.15) is 0 Å². The third-order valence-electron chi connectivity index (χ3n) is 3.06. The van der Waals surface area contributed by atoms with E-state index in [1.54, 1.807) is 0 Å². The van der Waals surface area contributed by atoms with Gasteiger partial charge in [0.15, 0.2) is 0 Å². The van der Waals surface area contributed by atoms with E-state index >= 15 is 0 Å². The zero-order valence-electron chi connectivity index (χ0n) is 12.4. The summed E-state index contributed by atoms with van der Waals surface area (Å²) in [6.45, 7) is 4.61. The summed E-state index contributed by atoms with van der Waals surface area (Å²) < 4.78 is 6.81. The smallest absolute Gasteiger partial charge is 0.134 e. The van der Waals surface area contributed by atoms with Crippen LogP contribution in [0.2, 0.25) is 5.02 Å². The van der Waals surface area contributed by atoms with Crippen LogP contribution < -0.4 is 10.1 Å². The molecule has 0 fully saturated rings. The SMILES string of the molecule is CCCNCc1ccc(OCc2ccc(Cl)cc2)c(Br)c1.Cl. The van der Waals surface area contributed by atoms with E-state index in [0.29, 0.717) is 6.61 Å². The summed E-state index contributed by atoms with van der Waals surface area (Å²) in [5, 5.41) is 4.13. The van der Waals surface area contributed by atoms with E-state index in [0.717, 1.165) is 40.3 Å². The fourth-order valence-electron chi connectivity index (χ4n) is 1.92. The number of nitrogens with one attached hydrogen (secondary N) is 1. The van der Waals surface area contributed by atoms with Gasteiger partial charge in [0.25, 0.3) is 0 Å². The van der Waals surface area contributed by atoms with Crippen molar-refractivity contribution in [3.8, 4) is 5.75 Å². The molecule has 0 aliphatic heterocycles. The van der Waals surface area contributed by atoms with E-state index in [9.17, 15) is 0 Å². The van der Waals surface area contributed by atoms with E-state index < -0.39 is 0 Å². The number of benzene rings is 2. The van der Waals surface area contributed by atoms with E-state index in [2.05, 4.69) is 40.3 Å². The summed E-state index contributed by atoms with van der Waals surface area (Å²) in [6, 6.07) is 13.9. The highest BCUT2D eigenvalue weighted by Crippen LogP contribution is 2.27. The third-order valence-corrected chi connectivity index (χ3v) is 3.93. The molecule has 2 aromatic carbocycles. The van der Waals surface area contributed by atoms with Crippen LogP contribution in [0.1, 0.15) is 24.5 Å². The van der Waals surface area contributed by atoms with Crippen LogP contribution in [0.15, 0.2) is 46.9 Å². The molecule has 1 N–H and O–H groups in total. The van der Waals surface area contributed by atoms with Crippen LogP contribution in [0.25, 0.3) is 0 Å². The van der Waals surface area contributed by atoms with Crippen molar-refractivity contribution in [2.24, 2.45) is 0 Å². The summed E-state index contributed by atoms with van der Waals surface area (Å²) in [5.41, 5.74) is 2.34. The van der Waals surface area contributed by atoms with Crippen LogP contribution in [0.5, 0.6) is 5.75 Å². The maximum atomic E-state index is 5.87. The lowest BCUT2D eigenvalue weighted by atomic mass is 10.2. The summed E-state index contributed by atoms with van der Waals surface area (Å²) in [7, 11) is 0. The normalized spacial score (nSPS) is 10.1. The number of halogens is 3. The molecule has 0 atom stereocenters. The Morgan fingerprint density at radius 3 is 2.41 bits per heavy atom. The van der Waals surface area contributed by atoms with E-state index in [4.69, 9.17) is 16.3 Å². The first-order valence-corrected chi connectivity index (χ1v) is 8.22. The Morgan fingerprint density at radius 2 is 1.77 bits per heavy atom. The van der Waals surface area contributed by atoms with Crippen molar-refractivity contribution in [2.45, 2.75) is 26.5 Å². The molecule has 22 heavy (non-hydrogen) atoms. The Hall–Kier alpha value is -0.740. The highest BCUT2D eigenvalue weighted by atomic mass is 79.9. The molecule has 2 aromatic rings. The lowest BCUT2D eigenvalue weighted by Crippen LogP contribution is -2.13. The van der Waals surface area contributed by atoms with Crippen molar-refractivity contribution in [1.82, 2.24) is 5.32 Å². The summed E-state index contributed by atoms with van der Waals surface area (Å²) in [6.07, 6.45) is 1.14. The van der Waals surface area contributed by atoms with Gasteiger partial charge in [0.05, 0.1) is 4.47 Å². The summed E-state index contributed by atoms with van der Waals surface area (Å²) in [5.74, 6) is 0.851. The monoisotopic (exact) mass is 403 g/mol. The van der Waals surface area contributed by atoms with Gasteiger partial charge in [0.1, 0.15) is 12.4 Å². The number of hydrogen-bond acceptors (Lipinski definition) is 2. The average Bonchev–Trinajstić information content (AvgIpc) is 2.48. The fourth-order valence-corrected chi connectivity index (χ4v) is 2.59. The minimum absolute atomic E-state index is 0. The molecule has 2 nitrogen and oxygen atoms in total. The van der Waals surface area contributed by atoms with Gasteiger partial charge < -0.3 is 10.1 Å². The molecule has 0 unspecified atom stereocenters. The van der Waals surface area contributed by atoms with E-state index in [1.807, 2.05) is 30.3 Å². The van der Waals surface area contributed by atoms with Gasteiger partial charge in [-0.3, -0.25) is 0 Å². The van der Waals surface area contributed by atoms with Crippen molar-refractivity contribution in [3.05, 3.63) is 63.1 Å². The third kappa shape index (κ3) is 6.17. The number of ether oxygens (including phenoxy) is 1. The van der Waals surface area contributed by atoms with Crippen LogP contribution in [0.4, 0.5) is 0 Å². The Morgan fingerprint density at radius 1 is 1.09 bits per heavy atom. The van der Waals surface area contributed by atoms with Gasteiger partial charge in [-0.1, -0.05) is 36.7 Å². The van der Waals surface area contributed by atoms with Gasteiger partial charge >= 0.3 is 0 Å². The van der Waals surface area contributed by atoms with E-state index in [-0.39, 0.29) is 12.4 Å². The zero-order chi connectivity index (χ0) is 15.1. The second kappa shape index (κ2) is 10.1. The minimum atomic E-state index is 0. The molecule has 120 valence electrons. The zero-order valence-corrected chi connectivity index (χ0v) is 15.6. The molecule has 2 rings (SSSR count). The first kappa shape index (κ1) is 19.3. The van der Waals surface area contributed by atoms with Gasteiger partial charge in [0, 0.05) is 11.6 Å². The fraction of sp³-hybridized carbons (Fsp3) is 0.294. The second-order valence-electron chi connectivity index (χ2n) is 4.86. The van der Waals surface area contributed by atoms with Gasteiger partial charge in [-0.05, 0) is 64.3 Å². The first-order chi connectivity index (χ1) is 10.2. The molecule has 0 radical (unpaired) electrons. The molecular weight excluding hydrogens is 385 g/mol. The molecule has 5 heteroatoms. The Kier molecular flexibility index (Phi) is 8.88. The van der Waals surface area contributed by atoms with Crippen LogP contribution in [0.3, 0.4) is 0 Å². The lowest BCUT2D eigenvalue weighted by molar-refractivity contribution is 0.304. The molecule has 0 aromatic heterocycles. The topological polar surface area (TPSA) is 21.3 Å². The Balaban J connectivity index is 0.00000242. The second-order valence-corrected chi connectivity index (χ2v) is 6.15. The molecule has 0 saturated carbocycles. The van der Waals surface area contributed by atoms with Gasteiger partial charge in [0.2, 0.25) is 0 Å². The molecule has 0 bridgehead atoms. The van der Waals surface area contributed by atoms with Crippen LogP contribution in [-0.4, -0.2) is 6.54 Å². The van der Waals surface area contributed by atoms with E-state index in [1.165, 1.54) is 5.56 Å². The quantitative estimate of drug-likeness (QED) is 0.606. The number of hydrogen-bond donors (Lipinski definition) is 1. The maximum Gasteiger partial charge on any atom is 0.134 e. The molecular formula is C17H20BrCl2NO. The highest BCUT2D eigenvalue weighted by Gasteiger charge is 2.03. The van der Waals surface area contributed by atoms with Crippen molar-refractivity contribution in [1.29, 1.82) is 0 Å². The largest absolute Gasteiger partial charge is 0.488 e. The van der Waals surface area contributed by atoms with Gasteiger partial charge in [-0.15, -0.1) is 12.4 Å². The lowest BCUT2D eigenvalue weighted by Gasteiger charge is -2.10. The maximum absolute atomic E-state index is 5.87. The van der Waals surface area contributed by atoms with Crippen LogP contribution >= 0.6 is 39.9 Å². The molecule has 0 spiro atoms. The van der Waals surface area contributed by atoms with Crippen molar-refractivity contribution < 1.29 is 4.74 Å². The first-order valence-electron chi connectivity index (χ1n) is 7.05. The Bertz CT molecular complexity index is 575. The van der Waals surface area contributed by atoms with Crippen LogP contribution in [0, 0.1) is 0 Å². The standard InChI is InChI=1S/C17H19BrClNO.ClH/c1-2-9-20-11-14-5-8-17(16(18)10-14)21-12-13-3-6-15(19)7-4-13;/h3-8,10,20H,2,9,11-12H2,1H3;1H. The molecule has 0 aliphatic rings. The molecule has 0 aliphatic carbocycles. The predicted octanol–water partition coefficient (Wildman–Crippen LogP) is 5.60. The van der Waals surface area contributed by atoms with Crippen molar-refractivity contribution in [2.75, 3.05) is 6.54 Å². The number of rotatable bonds is 7. The highest BCUT2D eigenvalue weighted by molar-refractivity contribution is 9.10. The van der Waals surface area contributed by atoms with Crippen molar-refractivity contribution >= 4 is 39.9 Å². The predicted molar refractivity (Wildman–Crippen MR) is 99.2 cm³/mol. The molecule has 0 heterocycles. The average molecular weight is 405 g/mol. The summed E-state index contributed by atoms with van der Waals surface area (Å²) in [4.78, 5) is 0. The van der Waals surface area contributed by atoms with Gasteiger partial charge in [-0.25, -0.2) is 0 Å². The molecule has 0 amide bonds. The van der Waals surface area contributed by atoms with Crippen LogP contribution in [-0.2, 0) is 13.2 Å². The van der Waals surface area contributed by atoms with Crippen molar-refractivity contribution in [3.63, 3.8) is 0 Å². The molecule has 0 saturated heterocycles. The summed E-state index contributed by atoms with van der Waals surface area (Å²) >= 11 is 9.44. The minimum Gasteiger partial charge on any atom is -0.488 e.